The van der Waals surface area contributed by atoms with Gasteiger partial charge in [0.15, 0.2) is 7.98 Å². The van der Waals surface area contributed by atoms with Gasteiger partial charge in [-0.05, 0) is 80.5 Å². The Balaban J connectivity index is 1.43. The van der Waals surface area contributed by atoms with E-state index in [9.17, 15) is 10.5 Å². The van der Waals surface area contributed by atoms with E-state index in [4.69, 9.17) is 9.47 Å². The molecule has 204 valence electrons. The van der Waals surface area contributed by atoms with Crippen molar-refractivity contribution in [3.05, 3.63) is 102 Å². The van der Waals surface area contributed by atoms with Gasteiger partial charge >= 0.3 is 0 Å². The summed E-state index contributed by atoms with van der Waals surface area (Å²) in [6.45, 7) is 2.48. The summed E-state index contributed by atoms with van der Waals surface area (Å²) in [6, 6.07) is 24.5. The predicted octanol–water partition coefficient (Wildman–Crippen LogP) is 5.04. The number of pyridine rings is 1. The third-order valence-electron chi connectivity index (χ3n) is 7.12. The second kappa shape index (κ2) is 12.6. The van der Waals surface area contributed by atoms with Crippen LogP contribution in [0.2, 0.25) is 0 Å². The SMILES string of the molecule is BN1CCC(Nc2ccnc(NCc3ccc(O)cc3OC)c2C(=N)c2ccc(Oc3ccccc3)cc2)CC1. The van der Waals surface area contributed by atoms with E-state index in [0.717, 1.165) is 48.5 Å². The number of ether oxygens (including phenoxy) is 2. The van der Waals surface area contributed by atoms with Crippen molar-refractivity contribution in [2.45, 2.75) is 25.4 Å². The van der Waals surface area contributed by atoms with Gasteiger partial charge in [-0.3, -0.25) is 5.41 Å². The largest absolute Gasteiger partial charge is 0.508 e. The van der Waals surface area contributed by atoms with Crippen molar-refractivity contribution in [1.29, 1.82) is 5.41 Å². The Morgan fingerprint density at radius 2 is 1.75 bits per heavy atom. The standard InChI is InChI=1S/C31H34BN5O3/c1-39-28-19-24(38)10-7-22(28)20-35-31-29(27(13-16-34-31)36-23-14-17-37(32)18-15-23)30(33)21-8-11-26(12-9-21)40-25-5-3-2-4-6-25/h2-13,16,19,23,33,38H,14-15,17-18,20,32H2,1H3,(H2,34,35,36). The number of hydrogen-bond donors (Lipinski definition) is 4. The Bertz CT molecular complexity index is 1440. The van der Waals surface area contributed by atoms with Gasteiger partial charge in [0.05, 0.1) is 18.4 Å². The highest BCUT2D eigenvalue weighted by Crippen LogP contribution is 2.31. The second-order valence-corrected chi connectivity index (χ2v) is 9.97. The van der Waals surface area contributed by atoms with Crippen molar-refractivity contribution < 1.29 is 14.6 Å². The van der Waals surface area contributed by atoms with Crippen LogP contribution < -0.4 is 20.1 Å². The highest BCUT2D eigenvalue weighted by Gasteiger charge is 2.22. The molecule has 0 saturated carbocycles. The van der Waals surface area contributed by atoms with E-state index in [-0.39, 0.29) is 5.75 Å². The molecule has 0 amide bonds. The molecule has 40 heavy (non-hydrogen) atoms. The minimum Gasteiger partial charge on any atom is -0.508 e. The lowest BCUT2D eigenvalue weighted by Gasteiger charge is -2.31. The molecule has 0 spiro atoms. The van der Waals surface area contributed by atoms with Crippen molar-refractivity contribution in [2.24, 2.45) is 0 Å². The number of nitrogens with zero attached hydrogens (tertiary/aromatic N) is 2. The van der Waals surface area contributed by atoms with E-state index in [1.165, 1.54) is 0 Å². The molecule has 0 aliphatic carbocycles. The Morgan fingerprint density at radius 3 is 2.48 bits per heavy atom. The lowest BCUT2D eigenvalue weighted by molar-refractivity contribution is 0.346. The molecule has 0 radical (unpaired) electrons. The molecule has 2 heterocycles. The third-order valence-corrected chi connectivity index (χ3v) is 7.12. The first-order chi connectivity index (χ1) is 19.5. The lowest BCUT2D eigenvalue weighted by atomic mass is 9.98. The monoisotopic (exact) mass is 535 g/mol. The van der Waals surface area contributed by atoms with Gasteiger partial charge in [0.25, 0.3) is 0 Å². The van der Waals surface area contributed by atoms with E-state index in [1.54, 1.807) is 25.4 Å². The molecule has 1 aliphatic rings. The molecule has 0 bridgehead atoms. The zero-order valence-electron chi connectivity index (χ0n) is 22.9. The van der Waals surface area contributed by atoms with Gasteiger partial charge in [-0.25, -0.2) is 4.98 Å². The molecular weight excluding hydrogens is 501 g/mol. The molecule has 8 nitrogen and oxygen atoms in total. The van der Waals surface area contributed by atoms with E-state index in [2.05, 4.69) is 28.4 Å². The molecule has 0 atom stereocenters. The lowest BCUT2D eigenvalue weighted by Crippen LogP contribution is -2.37. The van der Waals surface area contributed by atoms with Crippen LogP contribution >= 0.6 is 0 Å². The minimum atomic E-state index is 0.144. The topological polar surface area (TPSA) is 103 Å². The molecule has 1 fully saturated rings. The van der Waals surface area contributed by atoms with E-state index < -0.39 is 0 Å². The number of rotatable bonds is 10. The van der Waals surface area contributed by atoms with Gasteiger partial charge in [-0.2, -0.15) is 0 Å². The van der Waals surface area contributed by atoms with Gasteiger partial charge in [-0.1, -0.05) is 18.2 Å². The van der Waals surface area contributed by atoms with Gasteiger partial charge in [0.1, 0.15) is 28.8 Å². The molecule has 5 rings (SSSR count). The summed E-state index contributed by atoms with van der Waals surface area (Å²) < 4.78 is 11.4. The average Bonchev–Trinajstić information content (AvgIpc) is 2.98. The van der Waals surface area contributed by atoms with Crippen LogP contribution in [0.25, 0.3) is 0 Å². The van der Waals surface area contributed by atoms with Crippen molar-refractivity contribution >= 4 is 25.2 Å². The van der Waals surface area contributed by atoms with Gasteiger partial charge < -0.3 is 30.0 Å². The first-order valence-electron chi connectivity index (χ1n) is 13.5. The summed E-state index contributed by atoms with van der Waals surface area (Å²) >= 11 is 0. The van der Waals surface area contributed by atoms with E-state index >= 15 is 0 Å². The quantitative estimate of drug-likeness (QED) is 0.167. The molecule has 4 aromatic rings. The first kappa shape index (κ1) is 27.1. The maximum atomic E-state index is 9.85. The number of aromatic nitrogens is 1. The van der Waals surface area contributed by atoms with Crippen molar-refractivity contribution in [1.82, 2.24) is 9.79 Å². The van der Waals surface area contributed by atoms with Gasteiger partial charge in [0, 0.05) is 41.7 Å². The summed E-state index contributed by atoms with van der Waals surface area (Å²) in [5, 5.41) is 26.2. The summed E-state index contributed by atoms with van der Waals surface area (Å²) in [5.74, 6) is 2.79. The molecule has 9 heteroatoms. The summed E-state index contributed by atoms with van der Waals surface area (Å²) in [5.41, 5.74) is 3.56. The fourth-order valence-electron chi connectivity index (χ4n) is 4.86. The molecule has 1 saturated heterocycles. The van der Waals surface area contributed by atoms with Crippen LogP contribution in [0, 0.1) is 5.41 Å². The first-order valence-corrected chi connectivity index (χ1v) is 13.5. The van der Waals surface area contributed by atoms with Gasteiger partial charge in [-0.15, -0.1) is 0 Å². The third kappa shape index (κ3) is 6.55. The number of phenolic OH excluding ortho intramolecular Hbond substituents is 1. The Kier molecular flexibility index (Phi) is 8.51. The van der Waals surface area contributed by atoms with Crippen molar-refractivity contribution in [2.75, 3.05) is 30.8 Å². The average molecular weight is 535 g/mol. The number of phenols is 1. The number of aromatic hydroxyl groups is 1. The van der Waals surface area contributed by atoms with Crippen LogP contribution in [-0.4, -0.2) is 54.8 Å². The molecule has 3 aromatic carbocycles. The number of hydrogen-bond acceptors (Lipinski definition) is 8. The zero-order chi connectivity index (χ0) is 27.9. The van der Waals surface area contributed by atoms with Crippen molar-refractivity contribution in [3.8, 4) is 23.0 Å². The Hall–Kier alpha value is -4.50. The maximum Gasteiger partial charge on any atom is 0.185 e. The van der Waals surface area contributed by atoms with E-state index in [0.29, 0.717) is 41.2 Å². The second-order valence-electron chi connectivity index (χ2n) is 9.97. The molecular formula is C31H34BN5O3. The zero-order valence-corrected chi connectivity index (χ0v) is 22.9. The molecule has 1 aromatic heterocycles. The number of anilines is 2. The van der Waals surface area contributed by atoms with Crippen LogP contribution in [0.5, 0.6) is 23.0 Å². The highest BCUT2D eigenvalue weighted by atomic mass is 16.5. The Labute approximate surface area is 235 Å². The normalized spacial score (nSPS) is 13.9. The smallest absolute Gasteiger partial charge is 0.185 e. The molecule has 0 unspecified atom stereocenters. The molecule has 4 N–H and O–H groups in total. The predicted molar refractivity (Wildman–Crippen MR) is 162 cm³/mol. The number of piperidine rings is 1. The van der Waals surface area contributed by atoms with Crippen LogP contribution in [0.3, 0.4) is 0 Å². The number of methoxy groups -OCH3 is 1. The number of benzene rings is 3. The van der Waals surface area contributed by atoms with E-state index in [1.807, 2.05) is 66.7 Å². The van der Waals surface area contributed by atoms with Gasteiger partial charge in [0.2, 0.25) is 0 Å². The fourth-order valence-corrected chi connectivity index (χ4v) is 4.86. The summed E-state index contributed by atoms with van der Waals surface area (Å²) in [7, 11) is 3.73. The maximum absolute atomic E-state index is 9.85. The minimum absolute atomic E-state index is 0.144. The van der Waals surface area contributed by atoms with Crippen LogP contribution in [0.1, 0.15) is 29.5 Å². The summed E-state index contributed by atoms with van der Waals surface area (Å²) in [6.07, 6.45) is 3.83. The number of nitrogens with one attached hydrogen (secondary N) is 3. The fraction of sp³-hybridized carbons (Fsp3) is 0.226. The highest BCUT2D eigenvalue weighted by molar-refractivity contribution is 6.17. The van der Waals surface area contributed by atoms with Crippen LogP contribution in [0.15, 0.2) is 85.1 Å². The van der Waals surface area contributed by atoms with Crippen molar-refractivity contribution in [3.63, 3.8) is 0 Å². The number of para-hydroxylation sites is 1. The summed E-state index contributed by atoms with van der Waals surface area (Å²) in [4.78, 5) is 6.98. The molecule has 1 aliphatic heterocycles. The van der Waals surface area contributed by atoms with Crippen LogP contribution in [0.4, 0.5) is 11.5 Å². The van der Waals surface area contributed by atoms with Crippen LogP contribution in [-0.2, 0) is 6.54 Å². The Morgan fingerprint density at radius 1 is 1.02 bits per heavy atom.